The monoisotopic (exact) mass is 416 g/mol. The van der Waals surface area contributed by atoms with Crippen molar-refractivity contribution in [2.45, 2.75) is 6.61 Å². The molecule has 0 spiro atoms. The predicted octanol–water partition coefficient (Wildman–Crippen LogP) is 4.72. The third-order valence-electron chi connectivity index (χ3n) is 4.25. The van der Waals surface area contributed by atoms with Crippen molar-refractivity contribution in [2.75, 3.05) is 14.2 Å². The van der Waals surface area contributed by atoms with Crippen LogP contribution in [0, 0.1) is 17.1 Å². The average Bonchev–Trinajstić information content (AvgIpc) is 3.14. The number of hydrogen-bond donors (Lipinski definition) is 1. The molecule has 6 nitrogen and oxygen atoms in total. The molecule has 30 heavy (non-hydrogen) atoms. The van der Waals surface area contributed by atoms with Crippen molar-refractivity contribution in [2.24, 2.45) is 0 Å². The van der Waals surface area contributed by atoms with E-state index < -0.39 is 18.2 Å². The van der Waals surface area contributed by atoms with Crippen LogP contribution in [0.1, 0.15) is 15.9 Å². The first-order valence-corrected chi connectivity index (χ1v) is 8.52. The smallest absolute Gasteiger partial charge is 0.387 e. The molecule has 0 fully saturated rings. The summed E-state index contributed by atoms with van der Waals surface area (Å²) in [4.78, 5) is 15.7. The van der Waals surface area contributed by atoms with Crippen LogP contribution >= 0.6 is 0 Å². The minimum Gasteiger partial charge on any atom is -0.493 e. The zero-order chi connectivity index (χ0) is 21.8. The van der Waals surface area contributed by atoms with E-state index in [1.54, 1.807) is 0 Å². The molecule has 0 amide bonds. The second kappa shape index (κ2) is 8.61. The van der Waals surface area contributed by atoms with E-state index in [-0.39, 0.29) is 28.4 Å². The van der Waals surface area contributed by atoms with Crippen molar-refractivity contribution < 1.29 is 32.2 Å². The summed E-state index contributed by atoms with van der Waals surface area (Å²) in [6, 6.07) is 8.37. The number of ketones is 1. The quantitative estimate of drug-likeness (QED) is 0.342. The van der Waals surface area contributed by atoms with Crippen molar-refractivity contribution in [3.05, 3.63) is 59.0 Å². The number of halogens is 3. The Labute approximate surface area is 169 Å². The summed E-state index contributed by atoms with van der Waals surface area (Å²) in [6.07, 6.45) is 2.65. The third kappa shape index (κ3) is 4.07. The van der Waals surface area contributed by atoms with Crippen LogP contribution in [0.15, 0.2) is 42.1 Å². The largest absolute Gasteiger partial charge is 0.493 e. The molecule has 0 aliphatic rings. The van der Waals surface area contributed by atoms with Crippen LogP contribution in [0.3, 0.4) is 0 Å². The SMILES string of the molecule is COc1cc(/C=C(\C#N)C(=O)c2c[nH]c3cc(F)ccc23)cc(OC)c1OC(F)F. The van der Waals surface area contributed by atoms with Crippen LogP contribution < -0.4 is 14.2 Å². The number of aromatic nitrogens is 1. The molecule has 1 N–H and O–H groups in total. The Morgan fingerprint density at radius 2 is 1.83 bits per heavy atom. The molecule has 0 radical (unpaired) electrons. The number of hydrogen-bond acceptors (Lipinski definition) is 5. The van der Waals surface area contributed by atoms with Gasteiger partial charge >= 0.3 is 6.61 Å². The first kappa shape index (κ1) is 20.8. The highest BCUT2D eigenvalue weighted by Gasteiger charge is 2.20. The van der Waals surface area contributed by atoms with Gasteiger partial charge in [0.1, 0.15) is 17.5 Å². The number of benzene rings is 2. The standard InChI is InChI=1S/C21H15F3N2O4/c1-28-17-6-11(7-18(29-2)20(17)30-21(23)24)5-12(9-25)19(27)15-10-26-16-8-13(22)3-4-14(15)16/h3-8,10,21,26H,1-2H3/b12-5+. The first-order chi connectivity index (χ1) is 14.4. The normalized spacial score (nSPS) is 11.4. The lowest BCUT2D eigenvalue weighted by molar-refractivity contribution is -0.0526. The number of carbonyl (C=O) groups excluding carboxylic acids is 1. The molecule has 0 atom stereocenters. The topological polar surface area (TPSA) is 84.3 Å². The molecule has 1 heterocycles. The molecule has 3 aromatic rings. The lowest BCUT2D eigenvalue weighted by Gasteiger charge is -2.14. The highest BCUT2D eigenvalue weighted by molar-refractivity contribution is 6.19. The van der Waals surface area contributed by atoms with Crippen molar-refractivity contribution in [3.8, 4) is 23.3 Å². The van der Waals surface area contributed by atoms with Crippen LogP contribution in [0.2, 0.25) is 0 Å². The molecule has 3 rings (SSSR count). The maximum absolute atomic E-state index is 13.4. The summed E-state index contributed by atoms with van der Waals surface area (Å²) < 4.78 is 53.3. The van der Waals surface area contributed by atoms with Gasteiger partial charge in [0.15, 0.2) is 11.5 Å². The summed E-state index contributed by atoms with van der Waals surface area (Å²) in [6.45, 7) is -3.10. The zero-order valence-corrected chi connectivity index (χ0v) is 15.8. The second-order valence-electron chi connectivity index (χ2n) is 6.02. The summed E-state index contributed by atoms with van der Waals surface area (Å²) >= 11 is 0. The Morgan fingerprint density at radius 1 is 1.17 bits per heavy atom. The number of nitrogens with zero attached hydrogens (tertiary/aromatic N) is 1. The van der Waals surface area contributed by atoms with E-state index in [9.17, 15) is 23.2 Å². The van der Waals surface area contributed by atoms with E-state index >= 15 is 0 Å². The fraction of sp³-hybridized carbons (Fsp3) is 0.143. The van der Waals surface area contributed by atoms with Gasteiger partial charge in [0.2, 0.25) is 11.5 Å². The number of fused-ring (bicyclic) bond motifs is 1. The molecule has 1 aromatic heterocycles. The summed E-state index contributed by atoms with van der Waals surface area (Å²) in [5.74, 6) is -1.50. The first-order valence-electron chi connectivity index (χ1n) is 8.52. The van der Waals surface area contributed by atoms with Gasteiger partial charge in [0.05, 0.1) is 14.2 Å². The molecule has 9 heteroatoms. The van der Waals surface area contributed by atoms with E-state index in [1.807, 2.05) is 6.07 Å². The molecule has 2 aromatic carbocycles. The Bertz CT molecular complexity index is 1150. The number of carbonyl (C=O) groups is 1. The van der Waals surface area contributed by atoms with E-state index in [0.29, 0.717) is 16.5 Å². The Hall–Kier alpha value is -3.93. The number of ether oxygens (including phenoxy) is 3. The minimum atomic E-state index is -3.10. The van der Waals surface area contributed by atoms with Crippen LogP contribution in [0.4, 0.5) is 13.2 Å². The summed E-state index contributed by atoms with van der Waals surface area (Å²) in [5, 5.41) is 9.96. The Kier molecular flexibility index (Phi) is 5.97. The Balaban J connectivity index is 2.05. The van der Waals surface area contributed by atoms with E-state index in [1.165, 1.54) is 56.8 Å². The van der Waals surface area contributed by atoms with Crippen LogP contribution in [0.25, 0.3) is 17.0 Å². The molecule has 0 saturated heterocycles. The lowest BCUT2D eigenvalue weighted by atomic mass is 10.0. The van der Waals surface area contributed by atoms with Gasteiger partial charge in [-0.3, -0.25) is 4.79 Å². The number of alkyl halides is 2. The van der Waals surface area contributed by atoms with Gasteiger partial charge in [-0.05, 0) is 42.0 Å². The fourth-order valence-electron chi connectivity index (χ4n) is 2.94. The molecule has 0 bridgehead atoms. The summed E-state index contributed by atoms with van der Waals surface area (Å²) in [5.41, 5.74) is 0.662. The predicted molar refractivity (Wildman–Crippen MR) is 102 cm³/mol. The van der Waals surface area contributed by atoms with Gasteiger partial charge in [-0.1, -0.05) is 0 Å². The van der Waals surface area contributed by atoms with Gasteiger partial charge in [0.25, 0.3) is 0 Å². The van der Waals surface area contributed by atoms with Crippen LogP contribution in [-0.4, -0.2) is 31.6 Å². The molecular weight excluding hydrogens is 401 g/mol. The van der Waals surface area contributed by atoms with Crippen molar-refractivity contribution in [1.82, 2.24) is 4.98 Å². The van der Waals surface area contributed by atoms with Crippen molar-refractivity contribution in [3.63, 3.8) is 0 Å². The van der Waals surface area contributed by atoms with Crippen LogP contribution in [0.5, 0.6) is 17.2 Å². The number of H-pyrrole nitrogens is 1. The number of aromatic amines is 1. The highest BCUT2D eigenvalue weighted by atomic mass is 19.3. The van der Waals surface area contributed by atoms with Crippen LogP contribution in [-0.2, 0) is 0 Å². The third-order valence-corrected chi connectivity index (χ3v) is 4.25. The van der Waals surface area contributed by atoms with Gasteiger partial charge in [-0.15, -0.1) is 0 Å². The van der Waals surface area contributed by atoms with Gasteiger partial charge in [0, 0.05) is 22.7 Å². The van der Waals surface area contributed by atoms with Crippen molar-refractivity contribution in [1.29, 1.82) is 5.26 Å². The molecule has 0 unspecified atom stereocenters. The maximum atomic E-state index is 13.4. The number of rotatable bonds is 7. The second-order valence-corrected chi connectivity index (χ2v) is 6.02. The van der Waals surface area contributed by atoms with E-state index in [2.05, 4.69) is 9.72 Å². The molecule has 0 saturated carbocycles. The number of Topliss-reactive ketones (excluding diaryl/α,β-unsaturated/α-hetero) is 1. The van der Waals surface area contributed by atoms with Gasteiger partial charge in [-0.25, -0.2) is 4.39 Å². The Morgan fingerprint density at radius 3 is 2.40 bits per heavy atom. The van der Waals surface area contributed by atoms with E-state index in [4.69, 9.17) is 9.47 Å². The molecular formula is C21H15F3N2O4. The molecule has 0 aliphatic carbocycles. The number of allylic oxidation sites excluding steroid dienone is 1. The maximum Gasteiger partial charge on any atom is 0.387 e. The lowest BCUT2D eigenvalue weighted by Crippen LogP contribution is -2.06. The van der Waals surface area contributed by atoms with Gasteiger partial charge in [-0.2, -0.15) is 14.0 Å². The molecule has 154 valence electrons. The number of nitrogens with one attached hydrogen (secondary N) is 1. The average molecular weight is 416 g/mol. The number of nitriles is 1. The fourth-order valence-corrected chi connectivity index (χ4v) is 2.94. The minimum absolute atomic E-state index is 0.0618. The van der Waals surface area contributed by atoms with Crippen molar-refractivity contribution >= 4 is 22.8 Å². The highest BCUT2D eigenvalue weighted by Crippen LogP contribution is 2.40. The molecule has 0 aliphatic heterocycles. The summed E-state index contributed by atoms with van der Waals surface area (Å²) in [7, 11) is 2.50. The van der Waals surface area contributed by atoms with E-state index in [0.717, 1.165) is 0 Å². The van der Waals surface area contributed by atoms with Gasteiger partial charge < -0.3 is 19.2 Å². The number of methoxy groups -OCH3 is 2. The zero-order valence-electron chi connectivity index (χ0n) is 15.8.